The highest BCUT2D eigenvalue weighted by Gasteiger charge is 2.50. The van der Waals surface area contributed by atoms with Gasteiger partial charge in [-0.05, 0) is 109 Å². The molecule has 1 saturated heterocycles. The van der Waals surface area contributed by atoms with Gasteiger partial charge in [-0.3, -0.25) is 9.48 Å². The number of nitrogens with zero attached hydrogens (tertiary/aromatic N) is 4. The summed E-state index contributed by atoms with van der Waals surface area (Å²) in [6.07, 6.45) is 10.9. The maximum absolute atomic E-state index is 13.7. The third kappa shape index (κ3) is 6.38. The number of piperidine rings is 1. The van der Waals surface area contributed by atoms with Gasteiger partial charge in [0.05, 0.1) is 0 Å². The number of alkyl carbamates (subject to hydrolysis) is 1. The van der Waals surface area contributed by atoms with Crippen LogP contribution < -0.4 is 10.1 Å². The molecule has 9 heteroatoms. The minimum atomic E-state index is -0.520. The van der Waals surface area contributed by atoms with E-state index in [2.05, 4.69) is 15.0 Å². The molecule has 4 aliphatic rings. The first-order chi connectivity index (χ1) is 19.6. The molecule has 2 atom stereocenters. The molecule has 2 aromatic rings. The van der Waals surface area contributed by atoms with Crippen molar-refractivity contribution < 1.29 is 19.1 Å². The van der Waals surface area contributed by atoms with Crippen LogP contribution >= 0.6 is 0 Å². The van der Waals surface area contributed by atoms with E-state index in [4.69, 9.17) is 14.6 Å². The SMILES string of the molecule is Cc1cccnc1OC1CCC(CCn2nc(C(=O)N3CCC(NC(=O)OC(C)(C)C)CC3)c3c2C[C@H]2C[C@@H]32)CC1. The van der Waals surface area contributed by atoms with Gasteiger partial charge >= 0.3 is 6.09 Å². The van der Waals surface area contributed by atoms with Gasteiger partial charge in [-0.25, -0.2) is 9.78 Å². The number of likely N-dealkylation sites (tertiary alicyclic amines) is 1. The van der Waals surface area contributed by atoms with Crippen LogP contribution in [0.4, 0.5) is 4.79 Å². The molecule has 2 saturated carbocycles. The van der Waals surface area contributed by atoms with Crippen molar-refractivity contribution in [2.75, 3.05) is 13.1 Å². The number of pyridine rings is 1. The summed E-state index contributed by atoms with van der Waals surface area (Å²) in [6.45, 7) is 9.76. The second-order valence-corrected chi connectivity index (χ2v) is 13.6. The fraction of sp³-hybridized carbons (Fsp3) is 0.688. The van der Waals surface area contributed by atoms with Crippen molar-refractivity contribution >= 4 is 12.0 Å². The molecule has 41 heavy (non-hydrogen) atoms. The monoisotopic (exact) mass is 563 g/mol. The molecule has 1 aliphatic heterocycles. The van der Waals surface area contributed by atoms with Gasteiger partial charge in [-0.15, -0.1) is 0 Å². The molecule has 222 valence electrons. The molecule has 2 aromatic heterocycles. The maximum Gasteiger partial charge on any atom is 0.407 e. The summed E-state index contributed by atoms with van der Waals surface area (Å²) in [6, 6.07) is 4.02. The number of amides is 2. The largest absolute Gasteiger partial charge is 0.474 e. The molecular formula is C32H45N5O4. The Balaban J connectivity index is 1.02. The van der Waals surface area contributed by atoms with Crippen molar-refractivity contribution in [3.63, 3.8) is 0 Å². The number of nitrogens with one attached hydrogen (secondary N) is 1. The highest BCUT2D eigenvalue weighted by atomic mass is 16.6. The first-order valence-electron chi connectivity index (χ1n) is 15.6. The number of aromatic nitrogens is 3. The topological polar surface area (TPSA) is 98.6 Å². The van der Waals surface area contributed by atoms with Crippen molar-refractivity contribution in [2.24, 2.45) is 11.8 Å². The van der Waals surface area contributed by atoms with Gasteiger partial charge in [0, 0.05) is 48.7 Å². The lowest BCUT2D eigenvalue weighted by molar-refractivity contribution is 0.0473. The second-order valence-electron chi connectivity index (χ2n) is 13.6. The molecule has 3 heterocycles. The van der Waals surface area contributed by atoms with E-state index in [0.29, 0.717) is 36.5 Å². The van der Waals surface area contributed by atoms with E-state index in [9.17, 15) is 9.59 Å². The molecule has 3 fully saturated rings. The normalized spacial score (nSPS) is 25.8. The number of carbonyl (C=O) groups excluding carboxylic acids is 2. The number of rotatable bonds is 7. The number of hydrogen-bond donors (Lipinski definition) is 1. The van der Waals surface area contributed by atoms with Gasteiger partial charge in [0.15, 0.2) is 5.69 Å². The maximum atomic E-state index is 13.7. The van der Waals surface area contributed by atoms with Crippen LogP contribution in [0.25, 0.3) is 0 Å². The molecule has 0 radical (unpaired) electrons. The van der Waals surface area contributed by atoms with Crippen LogP contribution in [0.5, 0.6) is 5.88 Å². The van der Waals surface area contributed by atoms with Crippen LogP contribution in [-0.2, 0) is 17.7 Å². The quantitative estimate of drug-likeness (QED) is 0.484. The predicted octanol–water partition coefficient (Wildman–Crippen LogP) is 5.40. The molecule has 0 spiro atoms. The van der Waals surface area contributed by atoms with Crippen LogP contribution in [0.2, 0.25) is 0 Å². The van der Waals surface area contributed by atoms with Gasteiger partial charge < -0.3 is 19.7 Å². The van der Waals surface area contributed by atoms with E-state index in [1.54, 1.807) is 6.20 Å². The molecule has 0 aromatic carbocycles. The summed E-state index contributed by atoms with van der Waals surface area (Å²) in [5.74, 6) is 2.71. The summed E-state index contributed by atoms with van der Waals surface area (Å²) in [4.78, 5) is 32.2. The van der Waals surface area contributed by atoms with Gasteiger partial charge in [-0.1, -0.05) is 6.07 Å². The Morgan fingerprint density at radius 2 is 1.85 bits per heavy atom. The summed E-state index contributed by atoms with van der Waals surface area (Å²) >= 11 is 0. The number of carbonyl (C=O) groups is 2. The number of ether oxygens (including phenoxy) is 2. The zero-order valence-corrected chi connectivity index (χ0v) is 25.0. The summed E-state index contributed by atoms with van der Waals surface area (Å²) in [5, 5.41) is 7.93. The Morgan fingerprint density at radius 1 is 1.10 bits per heavy atom. The van der Waals surface area contributed by atoms with Gasteiger partial charge in [0.2, 0.25) is 5.88 Å². The average molecular weight is 564 g/mol. The minimum Gasteiger partial charge on any atom is -0.474 e. The number of hydrogen-bond acceptors (Lipinski definition) is 6. The molecule has 1 N–H and O–H groups in total. The lowest BCUT2D eigenvalue weighted by Crippen LogP contribution is -2.47. The molecule has 0 bridgehead atoms. The highest BCUT2D eigenvalue weighted by molar-refractivity contribution is 5.94. The average Bonchev–Trinajstić information content (AvgIpc) is 3.45. The van der Waals surface area contributed by atoms with Crippen LogP contribution in [-0.4, -0.2) is 62.5 Å². The van der Waals surface area contributed by atoms with E-state index >= 15 is 0 Å². The van der Waals surface area contributed by atoms with Gasteiger partial charge in [-0.2, -0.15) is 5.10 Å². The Morgan fingerprint density at radius 3 is 2.56 bits per heavy atom. The Kier molecular flexibility index (Phi) is 7.72. The number of fused-ring (bicyclic) bond motifs is 3. The van der Waals surface area contributed by atoms with Crippen LogP contribution in [0.1, 0.15) is 105 Å². The summed E-state index contributed by atoms with van der Waals surface area (Å²) in [5.41, 5.74) is 3.79. The van der Waals surface area contributed by atoms with Crippen molar-refractivity contribution in [2.45, 2.75) is 116 Å². The Bertz CT molecular complexity index is 1270. The molecule has 9 nitrogen and oxygen atoms in total. The lowest BCUT2D eigenvalue weighted by atomic mass is 9.85. The lowest BCUT2D eigenvalue weighted by Gasteiger charge is -2.32. The third-order valence-electron chi connectivity index (χ3n) is 9.34. The standard InChI is InChI=1S/C32H45N5O4/c1-20-6-5-14-33-29(20)40-24-9-7-21(8-10-24)11-17-37-26-19-22-18-25(22)27(26)28(35-37)30(38)36-15-12-23(13-16-36)34-31(39)41-32(2,3)4/h5-6,14,21-25H,7-13,15-19H2,1-4H3,(H,34,39)/t21?,22-,24?,25-/m1/s1. The van der Waals surface area contributed by atoms with Crippen molar-refractivity contribution in [3.05, 3.63) is 40.8 Å². The van der Waals surface area contributed by atoms with E-state index in [1.807, 2.05) is 44.7 Å². The summed E-state index contributed by atoms with van der Waals surface area (Å²) in [7, 11) is 0. The molecule has 0 unspecified atom stereocenters. The molecule has 3 aliphatic carbocycles. The molecule has 2 amide bonds. The minimum absolute atomic E-state index is 0.0263. The van der Waals surface area contributed by atoms with Gasteiger partial charge in [0.25, 0.3) is 5.91 Å². The van der Waals surface area contributed by atoms with Gasteiger partial charge in [0.1, 0.15) is 11.7 Å². The van der Waals surface area contributed by atoms with Crippen molar-refractivity contribution in [1.29, 1.82) is 0 Å². The van der Waals surface area contributed by atoms with Crippen LogP contribution in [0.15, 0.2) is 18.3 Å². The van der Waals surface area contributed by atoms with E-state index in [0.717, 1.165) is 69.4 Å². The zero-order chi connectivity index (χ0) is 28.7. The highest BCUT2D eigenvalue weighted by Crippen LogP contribution is 2.57. The summed E-state index contributed by atoms with van der Waals surface area (Å²) < 4.78 is 13.8. The van der Waals surface area contributed by atoms with Crippen LogP contribution in [0.3, 0.4) is 0 Å². The van der Waals surface area contributed by atoms with E-state index in [-0.39, 0.29) is 24.1 Å². The predicted molar refractivity (Wildman–Crippen MR) is 155 cm³/mol. The fourth-order valence-electron chi connectivity index (χ4n) is 6.98. The van der Waals surface area contributed by atoms with E-state index in [1.165, 1.54) is 17.7 Å². The first kappa shape index (κ1) is 28.0. The number of aryl methyl sites for hydroxylation is 2. The third-order valence-corrected chi connectivity index (χ3v) is 9.34. The molecular weight excluding hydrogens is 518 g/mol. The smallest absolute Gasteiger partial charge is 0.407 e. The zero-order valence-electron chi connectivity index (χ0n) is 25.0. The Labute approximate surface area is 243 Å². The van der Waals surface area contributed by atoms with Crippen molar-refractivity contribution in [1.82, 2.24) is 25.0 Å². The van der Waals surface area contributed by atoms with Crippen molar-refractivity contribution in [3.8, 4) is 5.88 Å². The first-order valence-corrected chi connectivity index (χ1v) is 15.6. The second kappa shape index (κ2) is 11.3. The van der Waals surface area contributed by atoms with E-state index < -0.39 is 5.60 Å². The van der Waals surface area contributed by atoms with Crippen LogP contribution in [0, 0.1) is 18.8 Å². The molecule has 6 rings (SSSR count). The fourth-order valence-corrected chi connectivity index (χ4v) is 6.98. The Hall–Kier alpha value is -3.10.